The predicted octanol–water partition coefficient (Wildman–Crippen LogP) is 4.35. The lowest BCUT2D eigenvalue weighted by molar-refractivity contribution is 0.151. The largest absolute Gasteiger partial charge is 0.375 e. The van der Waals surface area contributed by atoms with Crippen LogP contribution in [-0.4, -0.2) is 27.4 Å². The van der Waals surface area contributed by atoms with Crippen LogP contribution in [0.25, 0.3) is 11.3 Å². The molecule has 0 unspecified atom stereocenters. The molecule has 1 saturated carbocycles. The molecule has 1 aromatic carbocycles. The molecule has 0 spiro atoms. The van der Waals surface area contributed by atoms with Gasteiger partial charge in [-0.1, -0.05) is 25.1 Å². The van der Waals surface area contributed by atoms with E-state index in [1.165, 1.54) is 18.2 Å². The molecule has 0 radical (unpaired) electrons. The fraction of sp³-hybridized carbons (Fsp3) is 0.455. The summed E-state index contributed by atoms with van der Waals surface area (Å²) in [5.74, 6) is -0.0137. The van der Waals surface area contributed by atoms with Gasteiger partial charge in [0.2, 0.25) is 0 Å². The Hall–Kier alpha value is -2.74. The smallest absolute Gasteiger partial charge is 0.252 e. The zero-order valence-electron chi connectivity index (χ0n) is 17.1. The first-order valence-electron chi connectivity index (χ1n) is 10.0. The molecule has 2 aliphatic carbocycles. The minimum atomic E-state index is -0.640. The van der Waals surface area contributed by atoms with E-state index in [0.29, 0.717) is 18.1 Å². The topological polar surface area (TPSA) is 73.9 Å². The summed E-state index contributed by atoms with van der Waals surface area (Å²) in [5, 5.41) is 12.9. The van der Waals surface area contributed by atoms with Crippen molar-refractivity contribution in [2.75, 3.05) is 7.11 Å². The van der Waals surface area contributed by atoms with Crippen LogP contribution in [0.4, 0.5) is 8.78 Å². The Morgan fingerprint density at radius 3 is 2.70 bits per heavy atom. The van der Waals surface area contributed by atoms with Crippen molar-refractivity contribution in [3.63, 3.8) is 0 Å². The Kier molecular flexibility index (Phi) is 4.25. The number of hydrogen-bond acceptors (Lipinski definition) is 6. The van der Waals surface area contributed by atoms with E-state index < -0.39 is 11.6 Å². The van der Waals surface area contributed by atoms with Crippen molar-refractivity contribution < 1.29 is 18.0 Å². The molecule has 6 nitrogen and oxygen atoms in total. The summed E-state index contributed by atoms with van der Waals surface area (Å²) in [4.78, 5) is 4.45. The van der Waals surface area contributed by atoms with Crippen LogP contribution in [0.2, 0.25) is 0 Å². The second-order valence-corrected chi connectivity index (χ2v) is 8.74. The highest BCUT2D eigenvalue weighted by molar-refractivity contribution is 5.63. The highest BCUT2D eigenvalue weighted by Crippen LogP contribution is 2.68. The summed E-state index contributed by atoms with van der Waals surface area (Å²) in [6.07, 6.45) is 2.46. The Balaban J connectivity index is 1.58. The maximum absolute atomic E-state index is 14.3. The van der Waals surface area contributed by atoms with Crippen LogP contribution < -0.4 is 0 Å². The monoisotopic (exact) mass is 412 g/mol. The van der Waals surface area contributed by atoms with Gasteiger partial charge in [-0.15, -0.1) is 0 Å². The summed E-state index contributed by atoms with van der Waals surface area (Å²) in [7, 11) is 1.58. The van der Waals surface area contributed by atoms with Crippen molar-refractivity contribution in [3.8, 4) is 11.3 Å². The molecule has 30 heavy (non-hydrogen) atoms. The molecular weight excluding hydrogens is 390 g/mol. The molecule has 2 aliphatic rings. The van der Waals surface area contributed by atoms with Crippen LogP contribution in [0.3, 0.4) is 0 Å². The molecule has 0 aliphatic heterocycles. The molecule has 0 N–H and O–H groups in total. The number of ether oxygens (including phenoxy) is 1. The molecule has 2 aromatic heterocycles. The molecule has 3 aromatic rings. The summed E-state index contributed by atoms with van der Waals surface area (Å²) in [6.45, 7) is 4.69. The molecule has 8 heteroatoms. The van der Waals surface area contributed by atoms with E-state index in [9.17, 15) is 8.78 Å². The molecule has 2 bridgehead atoms. The third-order valence-corrected chi connectivity index (χ3v) is 7.07. The van der Waals surface area contributed by atoms with Gasteiger partial charge in [-0.3, -0.25) is 0 Å². The fourth-order valence-corrected chi connectivity index (χ4v) is 5.50. The van der Waals surface area contributed by atoms with Gasteiger partial charge in [0.1, 0.15) is 18.2 Å². The molecule has 2 heterocycles. The minimum absolute atomic E-state index is 0.127. The lowest BCUT2D eigenvalue weighted by Gasteiger charge is -2.37. The zero-order chi connectivity index (χ0) is 21.1. The number of benzene rings is 1. The van der Waals surface area contributed by atoms with Crippen molar-refractivity contribution in [1.29, 1.82) is 0 Å². The van der Waals surface area contributed by atoms with E-state index in [2.05, 4.69) is 34.2 Å². The van der Waals surface area contributed by atoms with Gasteiger partial charge in [0, 0.05) is 18.9 Å². The Morgan fingerprint density at radius 1 is 1.20 bits per heavy atom. The standard InChI is InChI=1S/C22H22F2N4O2/c1-21(2)13-7-8-22(21,10-17-25-18(11-29-3)30-28-17)20-12(13)9-16(26-27-20)19-14(23)5-4-6-15(19)24/h4-6,9,13H,7-8,10-11H2,1-3H3/t13-,22-/m0/s1. The van der Waals surface area contributed by atoms with E-state index in [1.54, 1.807) is 7.11 Å². The number of rotatable bonds is 5. The third-order valence-electron chi connectivity index (χ3n) is 7.07. The Labute approximate surface area is 172 Å². The first-order valence-corrected chi connectivity index (χ1v) is 10.0. The number of fused-ring (bicyclic) bond motifs is 5. The average molecular weight is 412 g/mol. The van der Waals surface area contributed by atoms with E-state index in [-0.39, 0.29) is 34.6 Å². The van der Waals surface area contributed by atoms with Crippen LogP contribution in [0.5, 0.6) is 0 Å². The average Bonchev–Trinajstić information content (AvgIpc) is 3.29. The van der Waals surface area contributed by atoms with Crippen LogP contribution in [0.1, 0.15) is 55.6 Å². The number of aromatic nitrogens is 4. The van der Waals surface area contributed by atoms with E-state index >= 15 is 0 Å². The maximum atomic E-state index is 14.3. The Bertz CT molecular complexity index is 1110. The molecular formula is C22H22F2N4O2. The first-order chi connectivity index (χ1) is 14.4. The summed E-state index contributed by atoms with van der Waals surface area (Å²) < 4.78 is 39.0. The van der Waals surface area contributed by atoms with Gasteiger partial charge in [0.25, 0.3) is 5.89 Å². The molecule has 0 saturated heterocycles. The van der Waals surface area contributed by atoms with Gasteiger partial charge in [-0.05, 0) is 47.9 Å². The highest BCUT2D eigenvalue weighted by Gasteiger charge is 2.63. The lowest BCUT2D eigenvalue weighted by Crippen LogP contribution is -2.38. The molecule has 5 rings (SSSR count). The lowest BCUT2D eigenvalue weighted by atomic mass is 9.66. The van der Waals surface area contributed by atoms with Crippen molar-refractivity contribution in [3.05, 3.63) is 58.9 Å². The SMILES string of the molecule is COCc1nc(C[C@@]23CC[C@@H](c4cc(-c5c(F)cccc5F)nnc42)C3(C)C)no1. The van der Waals surface area contributed by atoms with Gasteiger partial charge >= 0.3 is 0 Å². The Morgan fingerprint density at radius 2 is 1.97 bits per heavy atom. The van der Waals surface area contributed by atoms with Crippen molar-refractivity contribution >= 4 is 0 Å². The van der Waals surface area contributed by atoms with E-state index in [4.69, 9.17) is 9.26 Å². The normalized spacial score (nSPS) is 23.7. The van der Waals surface area contributed by atoms with Crippen molar-refractivity contribution in [1.82, 2.24) is 20.3 Å². The number of nitrogens with zero attached hydrogens (tertiary/aromatic N) is 4. The number of hydrogen-bond donors (Lipinski definition) is 0. The van der Waals surface area contributed by atoms with Gasteiger partial charge in [0.05, 0.1) is 17.0 Å². The number of methoxy groups -OCH3 is 1. The summed E-state index contributed by atoms with van der Waals surface area (Å²) in [5.41, 5.74) is 1.55. The first kappa shape index (κ1) is 19.2. The molecule has 156 valence electrons. The van der Waals surface area contributed by atoms with Crippen LogP contribution >= 0.6 is 0 Å². The van der Waals surface area contributed by atoms with Gasteiger partial charge in [0.15, 0.2) is 5.82 Å². The predicted molar refractivity (Wildman–Crippen MR) is 104 cm³/mol. The highest BCUT2D eigenvalue weighted by atomic mass is 19.1. The molecule has 0 amide bonds. The summed E-state index contributed by atoms with van der Waals surface area (Å²) >= 11 is 0. The summed E-state index contributed by atoms with van der Waals surface area (Å²) in [6, 6.07) is 5.62. The molecule has 1 fully saturated rings. The van der Waals surface area contributed by atoms with Crippen LogP contribution in [0, 0.1) is 17.0 Å². The van der Waals surface area contributed by atoms with Crippen molar-refractivity contribution in [2.24, 2.45) is 5.41 Å². The molecule has 2 atom stereocenters. The van der Waals surface area contributed by atoms with Gasteiger partial charge in [-0.2, -0.15) is 15.2 Å². The zero-order valence-corrected chi connectivity index (χ0v) is 17.1. The maximum Gasteiger partial charge on any atom is 0.252 e. The van der Waals surface area contributed by atoms with E-state index in [0.717, 1.165) is 24.1 Å². The minimum Gasteiger partial charge on any atom is -0.375 e. The fourth-order valence-electron chi connectivity index (χ4n) is 5.50. The quantitative estimate of drug-likeness (QED) is 0.620. The number of halogens is 2. The second kappa shape index (κ2) is 6.63. The van der Waals surface area contributed by atoms with Crippen LogP contribution in [0.15, 0.2) is 28.8 Å². The van der Waals surface area contributed by atoms with Crippen molar-refractivity contribution in [2.45, 2.75) is 51.0 Å². The van der Waals surface area contributed by atoms with Gasteiger partial charge in [-0.25, -0.2) is 8.78 Å². The van der Waals surface area contributed by atoms with Gasteiger partial charge < -0.3 is 9.26 Å². The third kappa shape index (κ3) is 2.56. The van der Waals surface area contributed by atoms with E-state index in [1.807, 2.05) is 6.07 Å². The van der Waals surface area contributed by atoms with Crippen LogP contribution in [-0.2, 0) is 23.2 Å². The second-order valence-electron chi connectivity index (χ2n) is 8.74.